The molecule has 0 aromatic heterocycles. The van der Waals surface area contributed by atoms with Gasteiger partial charge in [-0.05, 0) is 55.7 Å². The highest BCUT2D eigenvalue weighted by molar-refractivity contribution is 6.33. The second kappa shape index (κ2) is 7.72. The highest BCUT2D eigenvalue weighted by Gasteiger charge is 2.16. The van der Waals surface area contributed by atoms with E-state index in [0.717, 1.165) is 11.1 Å². The normalized spacial score (nSPS) is 10.4. The Morgan fingerprint density at radius 1 is 1.12 bits per heavy atom. The number of carbonyl (C=O) groups excluding carboxylic acids is 1. The van der Waals surface area contributed by atoms with Crippen LogP contribution in [0.1, 0.15) is 16.7 Å². The van der Waals surface area contributed by atoms with Crippen LogP contribution in [-0.2, 0) is 4.79 Å². The van der Waals surface area contributed by atoms with Gasteiger partial charge in [-0.25, -0.2) is 0 Å². The number of anilines is 1. The molecule has 1 amide bonds. The maximum atomic E-state index is 12.1. The number of halogens is 2. The van der Waals surface area contributed by atoms with Crippen molar-refractivity contribution in [2.45, 2.75) is 20.8 Å². The van der Waals surface area contributed by atoms with Gasteiger partial charge in [-0.15, -0.1) is 0 Å². The van der Waals surface area contributed by atoms with Gasteiger partial charge in [0.2, 0.25) is 0 Å². The van der Waals surface area contributed by atoms with Crippen LogP contribution in [0, 0.1) is 30.9 Å². The van der Waals surface area contributed by atoms with Crippen LogP contribution < -0.4 is 10.1 Å². The van der Waals surface area contributed by atoms with Crippen molar-refractivity contribution in [3.63, 3.8) is 0 Å². The van der Waals surface area contributed by atoms with E-state index in [9.17, 15) is 14.9 Å². The van der Waals surface area contributed by atoms with Crippen LogP contribution in [0.15, 0.2) is 24.3 Å². The summed E-state index contributed by atoms with van der Waals surface area (Å²) in [6.45, 7) is 5.13. The third-order valence-electron chi connectivity index (χ3n) is 3.54. The van der Waals surface area contributed by atoms with Crippen molar-refractivity contribution < 1.29 is 14.5 Å². The lowest BCUT2D eigenvalue weighted by Gasteiger charge is -2.12. The summed E-state index contributed by atoms with van der Waals surface area (Å²) in [4.78, 5) is 22.3. The minimum atomic E-state index is -0.574. The van der Waals surface area contributed by atoms with E-state index in [1.54, 1.807) is 19.1 Å². The second-order valence-electron chi connectivity index (χ2n) is 5.58. The fourth-order valence-electron chi connectivity index (χ4n) is 2.27. The Kier molecular flexibility index (Phi) is 5.87. The van der Waals surface area contributed by atoms with Crippen LogP contribution in [0.4, 0.5) is 11.4 Å². The lowest BCUT2D eigenvalue weighted by Crippen LogP contribution is -2.20. The first-order chi connectivity index (χ1) is 11.7. The topological polar surface area (TPSA) is 81.5 Å². The molecular formula is C17H16Cl2N2O4. The van der Waals surface area contributed by atoms with E-state index < -0.39 is 10.8 Å². The SMILES string of the molecule is Cc1cc([N+](=O)[O-])c(Cl)cc1NC(=O)COc1cc(C)c(Cl)c(C)c1. The summed E-state index contributed by atoms with van der Waals surface area (Å²) in [7, 11) is 0. The summed E-state index contributed by atoms with van der Waals surface area (Å²) >= 11 is 12.0. The minimum Gasteiger partial charge on any atom is -0.484 e. The number of rotatable bonds is 5. The molecule has 0 spiro atoms. The van der Waals surface area contributed by atoms with E-state index >= 15 is 0 Å². The number of nitro benzene ring substituents is 1. The van der Waals surface area contributed by atoms with Crippen molar-refractivity contribution in [2.75, 3.05) is 11.9 Å². The van der Waals surface area contributed by atoms with E-state index in [4.69, 9.17) is 27.9 Å². The molecule has 0 radical (unpaired) electrons. The van der Waals surface area contributed by atoms with Crippen LogP contribution in [0.3, 0.4) is 0 Å². The summed E-state index contributed by atoms with van der Waals surface area (Å²) in [5, 5.41) is 14.1. The van der Waals surface area contributed by atoms with Crippen molar-refractivity contribution in [3.05, 3.63) is 61.1 Å². The number of ether oxygens (including phenoxy) is 1. The molecule has 0 bridgehead atoms. The molecule has 25 heavy (non-hydrogen) atoms. The number of carbonyl (C=O) groups is 1. The van der Waals surface area contributed by atoms with Crippen LogP contribution in [0.25, 0.3) is 0 Å². The van der Waals surface area contributed by atoms with Crippen molar-refractivity contribution in [1.29, 1.82) is 0 Å². The molecule has 0 aliphatic rings. The Morgan fingerprint density at radius 2 is 1.72 bits per heavy atom. The number of benzene rings is 2. The molecule has 6 nitrogen and oxygen atoms in total. The molecule has 0 saturated carbocycles. The Bertz CT molecular complexity index is 830. The van der Waals surface area contributed by atoms with Crippen LogP contribution >= 0.6 is 23.2 Å². The number of amides is 1. The molecule has 0 aliphatic heterocycles. The van der Waals surface area contributed by atoms with Gasteiger partial charge >= 0.3 is 0 Å². The Balaban J connectivity index is 2.06. The van der Waals surface area contributed by atoms with E-state index in [-0.39, 0.29) is 17.3 Å². The van der Waals surface area contributed by atoms with Gasteiger partial charge in [0.25, 0.3) is 11.6 Å². The number of aryl methyl sites for hydroxylation is 3. The molecule has 0 atom stereocenters. The summed E-state index contributed by atoms with van der Waals surface area (Å²) in [6, 6.07) is 6.15. The van der Waals surface area contributed by atoms with Gasteiger partial charge in [-0.1, -0.05) is 23.2 Å². The van der Waals surface area contributed by atoms with Crippen molar-refractivity contribution in [1.82, 2.24) is 0 Å². The monoisotopic (exact) mass is 382 g/mol. The molecule has 1 N–H and O–H groups in total. The fraction of sp³-hybridized carbons (Fsp3) is 0.235. The first kappa shape index (κ1) is 19.0. The molecule has 2 rings (SSSR count). The molecule has 8 heteroatoms. The van der Waals surface area contributed by atoms with E-state index in [1.165, 1.54) is 12.1 Å². The summed E-state index contributed by atoms with van der Waals surface area (Å²) < 4.78 is 5.48. The van der Waals surface area contributed by atoms with Crippen molar-refractivity contribution >= 4 is 40.5 Å². The van der Waals surface area contributed by atoms with E-state index in [1.807, 2.05) is 13.8 Å². The van der Waals surface area contributed by atoms with Crippen molar-refractivity contribution in [2.24, 2.45) is 0 Å². The molecule has 0 heterocycles. The minimum absolute atomic E-state index is 0.0456. The molecule has 0 saturated heterocycles. The van der Waals surface area contributed by atoms with Crippen LogP contribution in [0.2, 0.25) is 10.0 Å². The first-order valence-electron chi connectivity index (χ1n) is 7.33. The zero-order chi connectivity index (χ0) is 18.7. The molecule has 2 aromatic carbocycles. The van der Waals surface area contributed by atoms with Gasteiger partial charge in [0, 0.05) is 16.8 Å². The Labute approximate surface area is 154 Å². The number of hydrogen-bond donors (Lipinski definition) is 1. The number of nitro groups is 1. The first-order valence-corrected chi connectivity index (χ1v) is 8.08. The van der Waals surface area contributed by atoms with E-state index in [0.29, 0.717) is 22.0 Å². The van der Waals surface area contributed by atoms with Crippen LogP contribution in [0.5, 0.6) is 5.75 Å². The highest BCUT2D eigenvalue weighted by atomic mass is 35.5. The third kappa shape index (κ3) is 4.61. The molecular weight excluding hydrogens is 367 g/mol. The Hall–Kier alpha value is -2.31. The molecule has 0 unspecified atom stereocenters. The lowest BCUT2D eigenvalue weighted by molar-refractivity contribution is -0.384. The quantitative estimate of drug-likeness (QED) is 0.592. The summed E-state index contributed by atoms with van der Waals surface area (Å²) in [5.74, 6) is 0.131. The number of nitrogens with zero attached hydrogens (tertiary/aromatic N) is 1. The molecule has 0 fully saturated rings. The van der Waals surface area contributed by atoms with Gasteiger partial charge in [0.05, 0.1) is 4.92 Å². The second-order valence-corrected chi connectivity index (χ2v) is 6.37. The van der Waals surface area contributed by atoms with Gasteiger partial charge in [-0.3, -0.25) is 14.9 Å². The maximum absolute atomic E-state index is 12.1. The van der Waals surface area contributed by atoms with Gasteiger partial charge in [-0.2, -0.15) is 0 Å². The molecule has 0 aliphatic carbocycles. The zero-order valence-electron chi connectivity index (χ0n) is 13.9. The van der Waals surface area contributed by atoms with Crippen LogP contribution in [-0.4, -0.2) is 17.4 Å². The Morgan fingerprint density at radius 3 is 2.28 bits per heavy atom. The molecule has 2 aromatic rings. The highest BCUT2D eigenvalue weighted by Crippen LogP contribution is 2.30. The van der Waals surface area contributed by atoms with Gasteiger partial charge < -0.3 is 10.1 Å². The van der Waals surface area contributed by atoms with Gasteiger partial charge in [0.1, 0.15) is 10.8 Å². The average Bonchev–Trinajstić information content (AvgIpc) is 2.53. The summed E-state index contributed by atoms with van der Waals surface area (Å²) in [5.41, 5.74) is 2.43. The fourth-order valence-corrected chi connectivity index (χ4v) is 2.61. The van der Waals surface area contributed by atoms with Gasteiger partial charge in [0.15, 0.2) is 6.61 Å². The smallest absolute Gasteiger partial charge is 0.288 e. The zero-order valence-corrected chi connectivity index (χ0v) is 15.4. The standard InChI is InChI=1S/C17H16Cl2N2O4/c1-9-6-15(21(23)24)13(18)7-14(9)20-16(22)8-25-12-4-10(2)17(19)11(3)5-12/h4-7H,8H2,1-3H3,(H,20,22). The van der Waals surface area contributed by atoms with E-state index in [2.05, 4.69) is 5.32 Å². The number of hydrogen-bond acceptors (Lipinski definition) is 4. The largest absolute Gasteiger partial charge is 0.484 e. The lowest BCUT2D eigenvalue weighted by atomic mass is 10.1. The van der Waals surface area contributed by atoms with Crippen molar-refractivity contribution in [3.8, 4) is 5.75 Å². The summed E-state index contributed by atoms with van der Waals surface area (Å²) in [6.07, 6.45) is 0. The predicted molar refractivity (Wildman–Crippen MR) is 97.9 cm³/mol. The molecule has 132 valence electrons. The predicted octanol–water partition coefficient (Wildman–Crippen LogP) is 4.84. The third-order valence-corrected chi connectivity index (χ3v) is 4.44. The number of nitrogens with one attached hydrogen (secondary N) is 1. The average molecular weight is 383 g/mol. The maximum Gasteiger partial charge on any atom is 0.288 e.